The lowest BCUT2D eigenvalue weighted by Gasteiger charge is -2.29. The van der Waals surface area contributed by atoms with Gasteiger partial charge in [-0.3, -0.25) is 0 Å². The van der Waals surface area contributed by atoms with E-state index in [2.05, 4.69) is 36.2 Å². The van der Waals surface area contributed by atoms with Crippen molar-refractivity contribution in [3.05, 3.63) is 35.5 Å². The number of hydrogen-bond acceptors (Lipinski definition) is 4. The molecule has 1 aromatic heterocycles. The van der Waals surface area contributed by atoms with Gasteiger partial charge in [-0.1, -0.05) is 32.0 Å². The Morgan fingerprint density at radius 3 is 2.67 bits per heavy atom. The molecule has 0 aliphatic carbocycles. The maximum atomic E-state index is 13.4. The maximum Gasteiger partial charge on any atom is 0.228 e. The average molecular weight is 291 g/mol. The van der Waals surface area contributed by atoms with Gasteiger partial charge in [0.15, 0.2) is 0 Å². The van der Waals surface area contributed by atoms with Crippen molar-refractivity contribution in [3.8, 4) is 11.4 Å². The van der Waals surface area contributed by atoms with Crippen molar-refractivity contribution in [1.82, 2.24) is 15.5 Å². The number of halogens is 1. The second-order valence-corrected chi connectivity index (χ2v) is 6.38. The summed E-state index contributed by atoms with van der Waals surface area (Å²) in [6.07, 6.45) is 0.640. The van der Waals surface area contributed by atoms with E-state index in [1.54, 1.807) is 6.07 Å². The van der Waals surface area contributed by atoms with E-state index in [9.17, 15) is 4.39 Å². The van der Waals surface area contributed by atoms with Crippen LogP contribution >= 0.6 is 0 Å². The highest BCUT2D eigenvalue weighted by molar-refractivity contribution is 5.59. The molecule has 2 aromatic rings. The van der Waals surface area contributed by atoms with Crippen LogP contribution < -0.4 is 5.32 Å². The number of aromatic nitrogens is 2. The largest absolute Gasteiger partial charge is 0.339 e. The van der Waals surface area contributed by atoms with Gasteiger partial charge < -0.3 is 9.84 Å². The van der Waals surface area contributed by atoms with Crippen LogP contribution in [0.15, 0.2) is 22.7 Å². The molecule has 1 heterocycles. The zero-order valence-corrected chi connectivity index (χ0v) is 13.2. The number of hydrogen-bond donors (Lipinski definition) is 1. The molecule has 114 valence electrons. The number of benzene rings is 1. The minimum absolute atomic E-state index is 0.0815. The maximum absolute atomic E-state index is 13.4. The van der Waals surface area contributed by atoms with Crippen LogP contribution in [0.1, 0.15) is 32.2 Å². The average Bonchev–Trinajstić information content (AvgIpc) is 2.86. The molecule has 0 fully saturated rings. The van der Waals surface area contributed by atoms with E-state index >= 15 is 0 Å². The molecule has 21 heavy (non-hydrogen) atoms. The van der Waals surface area contributed by atoms with E-state index < -0.39 is 0 Å². The Morgan fingerprint density at radius 1 is 1.33 bits per heavy atom. The Balaban J connectivity index is 2.24. The van der Waals surface area contributed by atoms with E-state index in [-0.39, 0.29) is 17.3 Å². The van der Waals surface area contributed by atoms with E-state index in [1.165, 1.54) is 12.1 Å². The van der Waals surface area contributed by atoms with Crippen molar-refractivity contribution in [2.75, 3.05) is 7.05 Å². The van der Waals surface area contributed by atoms with Crippen molar-refractivity contribution in [2.24, 2.45) is 5.41 Å². The molecule has 0 aliphatic heterocycles. The monoisotopic (exact) mass is 291 g/mol. The summed E-state index contributed by atoms with van der Waals surface area (Å²) in [5.41, 5.74) is 1.67. The van der Waals surface area contributed by atoms with Crippen LogP contribution in [0, 0.1) is 18.2 Å². The first kappa shape index (κ1) is 15.6. The van der Waals surface area contributed by atoms with Gasteiger partial charge in [0.25, 0.3) is 0 Å². The van der Waals surface area contributed by atoms with Crippen molar-refractivity contribution in [2.45, 2.75) is 40.2 Å². The summed E-state index contributed by atoms with van der Waals surface area (Å²) in [7, 11) is 1.92. The summed E-state index contributed by atoms with van der Waals surface area (Å²) < 4.78 is 18.7. The van der Waals surface area contributed by atoms with Crippen molar-refractivity contribution >= 4 is 0 Å². The van der Waals surface area contributed by atoms with Gasteiger partial charge in [0, 0.05) is 18.0 Å². The summed E-state index contributed by atoms with van der Waals surface area (Å²) in [5, 5.41) is 7.25. The number of aryl methyl sites for hydroxylation is 1. The van der Waals surface area contributed by atoms with Gasteiger partial charge in [-0.2, -0.15) is 4.98 Å². The third kappa shape index (κ3) is 3.67. The molecule has 2 rings (SSSR count). The van der Waals surface area contributed by atoms with Gasteiger partial charge in [-0.05, 0) is 37.1 Å². The predicted octanol–water partition coefficient (Wildman–Crippen LogP) is 3.36. The van der Waals surface area contributed by atoms with Crippen molar-refractivity contribution < 1.29 is 8.91 Å². The molecule has 1 aromatic carbocycles. The summed E-state index contributed by atoms with van der Waals surface area (Å²) in [4.78, 5) is 4.40. The lowest BCUT2D eigenvalue weighted by Crippen LogP contribution is -2.39. The van der Waals surface area contributed by atoms with Crippen molar-refractivity contribution in [1.29, 1.82) is 0 Å². The van der Waals surface area contributed by atoms with Crippen LogP contribution in [-0.4, -0.2) is 23.2 Å². The molecule has 0 bridgehead atoms. The fraction of sp³-hybridized carbons (Fsp3) is 0.500. The molecule has 0 aliphatic rings. The molecule has 0 radical (unpaired) electrons. The van der Waals surface area contributed by atoms with Crippen LogP contribution in [0.25, 0.3) is 11.4 Å². The molecule has 0 saturated heterocycles. The summed E-state index contributed by atoms with van der Waals surface area (Å²) in [6.45, 7) is 8.36. The van der Waals surface area contributed by atoms with E-state index in [4.69, 9.17) is 4.52 Å². The van der Waals surface area contributed by atoms with Gasteiger partial charge in [-0.25, -0.2) is 4.39 Å². The summed E-state index contributed by atoms with van der Waals surface area (Å²) in [6, 6.07) is 4.80. The second kappa shape index (κ2) is 5.93. The molecule has 1 N–H and O–H groups in total. The second-order valence-electron chi connectivity index (χ2n) is 6.38. The molecule has 1 atom stereocenters. The summed E-state index contributed by atoms with van der Waals surface area (Å²) in [5.74, 6) is 0.693. The topological polar surface area (TPSA) is 51.0 Å². The first-order valence-electron chi connectivity index (χ1n) is 7.07. The third-order valence-electron chi connectivity index (χ3n) is 3.68. The lowest BCUT2D eigenvalue weighted by molar-refractivity contribution is 0.255. The quantitative estimate of drug-likeness (QED) is 0.938. The SMILES string of the molecule is CNC(Cc1nc(-c2cc(F)ccc2C)no1)C(C)(C)C. The Hall–Kier alpha value is -1.75. The number of nitrogens with zero attached hydrogens (tertiary/aromatic N) is 2. The Morgan fingerprint density at radius 2 is 2.05 bits per heavy atom. The zero-order chi connectivity index (χ0) is 15.6. The van der Waals surface area contributed by atoms with Crippen LogP contribution in [0.4, 0.5) is 4.39 Å². The van der Waals surface area contributed by atoms with E-state index in [0.29, 0.717) is 23.7 Å². The minimum Gasteiger partial charge on any atom is -0.339 e. The standard InChI is InChI=1S/C16H22FN3O/c1-10-6-7-11(17)8-12(10)15-19-14(21-20-15)9-13(18-5)16(2,3)4/h6-8,13,18H,9H2,1-5H3. The first-order valence-corrected chi connectivity index (χ1v) is 7.07. The normalized spacial score (nSPS) is 13.4. The van der Waals surface area contributed by atoms with Crippen LogP contribution in [0.5, 0.6) is 0 Å². The van der Waals surface area contributed by atoms with Gasteiger partial charge in [0.2, 0.25) is 11.7 Å². The molecule has 1 unspecified atom stereocenters. The minimum atomic E-state index is -0.301. The number of nitrogens with one attached hydrogen (secondary N) is 1. The highest BCUT2D eigenvalue weighted by Crippen LogP contribution is 2.24. The first-order chi connectivity index (χ1) is 9.81. The van der Waals surface area contributed by atoms with Gasteiger partial charge >= 0.3 is 0 Å². The fourth-order valence-electron chi connectivity index (χ4n) is 2.30. The van der Waals surface area contributed by atoms with Gasteiger partial charge in [-0.15, -0.1) is 0 Å². The van der Waals surface area contributed by atoms with Gasteiger partial charge in [0.05, 0.1) is 0 Å². The van der Waals surface area contributed by atoms with Crippen LogP contribution in [0.3, 0.4) is 0 Å². The van der Waals surface area contributed by atoms with E-state index in [0.717, 1.165) is 5.56 Å². The zero-order valence-electron chi connectivity index (χ0n) is 13.2. The van der Waals surface area contributed by atoms with Crippen LogP contribution in [-0.2, 0) is 6.42 Å². The summed E-state index contributed by atoms with van der Waals surface area (Å²) >= 11 is 0. The molecule has 5 heteroatoms. The Bertz CT molecular complexity index is 616. The molecule has 0 spiro atoms. The molecule has 0 saturated carbocycles. The fourth-order valence-corrected chi connectivity index (χ4v) is 2.30. The van der Waals surface area contributed by atoms with Crippen molar-refractivity contribution in [3.63, 3.8) is 0 Å². The predicted molar refractivity (Wildman–Crippen MR) is 80.4 cm³/mol. The highest BCUT2D eigenvalue weighted by atomic mass is 19.1. The Labute approximate surface area is 124 Å². The smallest absolute Gasteiger partial charge is 0.228 e. The molecule has 4 nitrogen and oxygen atoms in total. The number of likely N-dealkylation sites (N-methyl/N-ethyl adjacent to an activating group) is 1. The van der Waals surface area contributed by atoms with Gasteiger partial charge in [0.1, 0.15) is 5.82 Å². The van der Waals surface area contributed by atoms with E-state index in [1.807, 2.05) is 14.0 Å². The molecular formula is C16H22FN3O. The third-order valence-corrected chi connectivity index (χ3v) is 3.68. The highest BCUT2D eigenvalue weighted by Gasteiger charge is 2.25. The molecule has 0 amide bonds. The van der Waals surface area contributed by atoms with Crippen LogP contribution in [0.2, 0.25) is 0 Å². The molecular weight excluding hydrogens is 269 g/mol. The number of rotatable bonds is 4. The lowest BCUT2D eigenvalue weighted by atomic mass is 9.85. The Kier molecular flexibility index (Phi) is 4.42.